The summed E-state index contributed by atoms with van der Waals surface area (Å²) in [5, 5.41) is 2.53. The van der Waals surface area contributed by atoms with Crippen LogP contribution in [0.4, 0.5) is 10.5 Å². The number of carbonyl (C=O) groups excluding carboxylic acids is 2. The highest BCUT2D eigenvalue weighted by Gasteiger charge is 2.23. The fourth-order valence-corrected chi connectivity index (χ4v) is 3.71. The van der Waals surface area contributed by atoms with E-state index in [0.29, 0.717) is 5.69 Å². The normalized spacial score (nSPS) is 11.3. The second-order valence-electron chi connectivity index (χ2n) is 5.78. The van der Waals surface area contributed by atoms with E-state index in [1.165, 1.54) is 36.5 Å². The lowest BCUT2D eigenvalue weighted by atomic mass is 10.3. The molecule has 8 nitrogen and oxygen atoms in total. The summed E-state index contributed by atoms with van der Waals surface area (Å²) in [5.74, 6) is -0.477. The first-order valence-electron chi connectivity index (χ1n) is 7.85. The molecule has 2 aromatic rings. The van der Waals surface area contributed by atoms with Gasteiger partial charge in [-0.15, -0.1) is 0 Å². The fraction of sp³-hybridized carbons (Fsp3) is 0.235. The van der Waals surface area contributed by atoms with Crippen molar-refractivity contribution < 1.29 is 18.0 Å². The minimum Gasteiger partial charge on any atom is -0.339 e. The predicted octanol–water partition coefficient (Wildman–Crippen LogP) is 2.11. The third-order valence-electron chi connectivity index (χ3n) is 3.42. The molecule has 10 heteroatoms. The van der Waals surface area contributed by atoms with Crippen molar-refractivity contribution in [2.24, 2.45) is 0 Å². The van der Waals surface area contributed by atoms with E-state index in [9.17, 15) is 18.0 Å². The Morgan fingerprint density at radius 3 is 2.33 bits per heavy atom. The van der Waals surface area contributed by atoms with Crippen LogP contribution in [-0.4, -0.2) is 61.4 Å². The maximum absolute atomic E-state index is 12.4. The average molecular weight is 409 g/mol. The molecule has 144 valence electrons. The number of hydrogen-bond acceptors (Lipinski definition) is 6. The molecule has 0 atom stereocenters. The van der Waals surface area contributed by atoms with Crippen LogP contribution >= 0.6 is 11.8 Å². The van der Waals surface area contributed by atoms with Crippen LogP contribution in [0.2, 0.25) is 0 Å². The average Bonchev–Trinajstić information content (AvgIpc) is 2.63. The largest absolute Gasteiger partial charge is 0.339 e. The lowest BCUT2D eigenvalue weighted by molar-refractivity contribution is -0.116. The summed E-state index contributed by atoms with van der Waals surface area (Å²) in [5.41, 5.74) is 0.508. The van der Waals surface area contributed by atoms with Gasteiger partial charge in [-0.1, -0.05) is 0 Å². The molecule has 2 amide bonds. The van der Waals surface area contributed by atoms with Crippen LogP contribution in [0.15, 0.2) is 58.6 Å². The van der Waals surface area contributed by atoms with Crippen molar-refractivity contribution in [1.29, 1.82) is 0 Å². The minimum atomic E-state index is -3.79. The fourth-order valence-electron chi connectivity index (χ4n) is 1.97. The second kappa shape index (κ2) is 8.98. The summed E-state index contributed by atoms with van der Waals surface area (Å²) < 4.78 is 25.7. The van der Waals surface area contributed by atoms with Crippen LogP contribution in [0, 0.1) is 0 Å². The smallest absolute Gasteiger partial charge is 0.285 e. The predicted molar refractivity (Wildman–Crippen MR) is 104 cm³/mol. The van der Waals surface area contributed by atoms with Gasteiger partial charge in [-0.25, -0.2) is 8.42 Å². The highest BCUT2D eigenvalue weighted by molar-refractivity contribution is 8.13. The van der Waals surface area contributed by atoms with Crippen molar-refractivity contribution in [3.63, 3.8) is 0 Å². The molecular weight excluding hydrogens is 388 g/mol. The zero-order chi connectivity index (χ0) is 20.0. The molecule has 0 radical (unpaired) electrons. The van der Waals surface area contributed by atoms with Gasteiger partial charge in [-0.05, 0) is 48.2 Å². The number of carbonyl (C=O) groups is 2. The molecule has 0 unspecified atom stereocenters. The molecule has 0 aliphatic carbocycles. The van der Waals surface area contributed by atoms with Gasteiger partial charge < -0.3 is 10.2 Å². The van der Waals surface area contributed by atoms with E-state index in [-0.39, 0.29) is 16.7 Å². The first-order chi connectivity index (χ1) is 12.7. The molecule has 0 saturated carbocycles. The molecule has 1 aromatic carbocycles. The number of likely N-dealkylation sites (N-methyl/N-ethyl adjacent to an activating group) is 1. The number of benzene rings is 1. The number of nitrogens with one attached hydrogen (secondary N) is 1. The number of pyridine rings is 1. The van der Waals surface area contributed by atoms with E-state index in [0.717, 1.165) is 21.0 Å². The summed E-state index contributed by atoms with van der Waals surface area (Å²) in [6.45, 7) is -0.340. The number of nitrogens with zero attached hydrogens (tertiary/aromatic N) is 3. The first-order valence-corrected chi connectivity index (χ1v) is 10.1. The SMILES string of the molecule is CN(C)C(=O)Sc1ccc(NC(=O)CN(C)S(=O)(=O)c2cccnc2)cc1. The molecule has 0 aliphatic rings. The molecule has 1 aromatic heterocycles. The first kappa shape index (κ1) is 20.9. The minimum absolute atomic E-state index is 0.0206. The Morgan fingerprint density at radius 2 is 1.78 bits per heavy atom. The second-order valence-corrected chi connectivity index (χ2v) is 8.85. The standard InChI is InChI=1S/C17H20N4O4S2/c1-20(2)17(23)26-14-8-6-13(7-9-14)19-16(22)12-21(3)27(24,25)15-5-4-10-18-11-15/h4-11H,12H2,1-3H3,(H,19,22). The highest BCUT2D eigenvalue weighted by Crippen LogP contribution is 2.22. The van der Waals surface area contributed by atoms with Gasteiger partial charge in [-0.2, -0.15) is 4.31 Å². The van der Waals surface area contributed by atoms with E-state index in [1.54, 1.807) is 38.4 Å². The summed E-state index contributed by atoms with van der Waals surface area (Å²) in [4.78, 5) is 29.8. The van der Waals surface area contributed by atoms with Crippen molar-refractivity contribution >= 4 is 38.6 Å². The van der Waals surface area contributed by atoms with Crippen LogP contribution in [-0.2, 0) is 14.8 Å². The Morgan fingerprint density at radius 1 is 1.11 bits per heavy atom. The highest BCUT2D eigenvalue weighted by atomic mass is 32.2. The van der Waals surface area contributed by atoms with E-state index in [1.807, 2.05) is 0 Å². The summed E-state index contributed by atoms with van der Waals surface area (Å²) in [6, 6.07) is 9.65. The summed E-state index contributed by atoms with van der Waals surface area (Å²) >= 11 is 1.07. The van der Waals surface area contributed by atoms with Crippen molar-refractivity contribution in [1.82, 2.24) is 14.2 Å². The molecule has 2 rings (SSSR count). The Labute approximate surface area is 162 Å². The van der Waals surface area contributed by atoms with Gasteiger partial charge >= 0.3 is 0 Å². The molecule has 0 saturated heterocycles. The molecule has 0 spiro atoms. The van der Waals surface area contributed by atoms with Gasteiger partial charge in [0.1, 0.15) is 4.90 Å². The summed E-state index contributed by atoms with van der Waals surface area (Å²) in [6.07, 6.45) is 2.70. The van der Waals surface area contributed by atoms with Crippen LogP contribution < -0.4 is 5.32 Å². The molecule has 0 bridgehead atoms. The lowest BCUT2D eigenvalue weighted by Crippen LogP contribution is -2.35. The van der Waals surface area contributed by atoms with Crippen molar-refractivity contribution in [3.8, 4) is 0 Å². The Hall–Kier alpha value is -2.43. The monoisotopic (exact) mass is 408 g/mol. The number of hydrogen-bond donors (Lipinski definition) is 1. The van der Waals surface area contributed by atoms with Gasteiger partial charge in [0.2, 0.25) is 15.9 Å². The van der Waals surface area contributed by atoms with Crippen LogP contribution in [0.5, 0.6) is 0 Å². The lowest BCUT2D eigenvalue weighted by Gasteiger charge is -2.16. The van der Waals surface area contributed by atoms with E-state index >= 15 is 0 Å². The van der Waals surface area contributed by atoms with Gasteiger partial charge in [0, 0.05) is 44.1 Å². The molecule has 0 fully saturated rings. The van der Waals surface area contributed by atoms with Crippen LogP contribution in [0.25, 0.3) is 0 Å². The Bertz CT molecular complexity index is 900. The molecule has 1 N–H and O–H groups in total. The number of thioether (sulfide) groups is 1. The van der Waals surface area contributed by atoms with Gasteiger partial charge in [0.25, 0.3) is 5.24 Å². The van der Waals surface area contributed by atoms with Crippen LogP contribution in [0.1, 0.15) is 0 Å². The van der Waals surface area contributed by atoms with Crippen molar-refractivity contribution in [2.45, 2.75) is 9.79 Å². The molecule has 27 heavy (non-hydrogen) atoms. The Balaban J connectivity index is 1.96. The van der Waals surface area contributed by atoms with E-state index < -0.39 is 15.9 Å². The quantitative estimate of drug-likeness (QED) is 0.735. The molecule has 0 aliphatic heterocycles. The van der Waals surface area contributed by atoms with Gasteiger partial charge in [0.05, 0.1) is 6.54 Å². The third kappa shape index (κ3) is 5.78. The maximum Gasteiger partial charge on any atom is 0.285 e. The van der Waals surface area contributed by atoms with Crippen LogP contribution in [0.3, 0.4) is 0 Å². The zero-order valence-corrected chi connectivity index (χ0v) is 16.8. The number of sulfonamides is 1. The third-order valence-corrected chi connectivity index (χ3v) is 6.25. The number of anilines is 1. The molecule has 1 heterocycles. The maximum atomic E-state index is 12.4. The summed E-state index contributed by atoms with van der Waals surface area (Å²) in [7, 11) is 0.871. The Kier molecular flexibility index (Phi) is 6.94. The van der Waals surface area contributed by atoms with Crippen molar-refractivity contribution in [3.05, 3.63) is 48.8 Å². The van der Waals surface area contributed by atoms with Gasteiger partial charge in [0.15, 0.2) is 0 Å². The zero-order valence-electron chi connectivity index (χ0n) is 15.1. The number of amides is 2. The van der Waals surface area contributed by atoms with Gasteiger partial charge in [-0.3, -0.25) is 14.6 Å². The van der Waals surface area contributed by atoms with Crippen molar-refractivity contribution in [2.75, 3.05) is 33.0 Å². The topological polar surface area (TPSA) is 99.7 Å². The van der Waals surface area contributed by atoms with E-state index in [2.05, 4.69) is 10.3 Å². The van der Waals surface area contributed by atoms with E-state index in [4.69, 9.17) is 0 Å². The molecular formula is C17H20N4O4S2. The number of aromatic nitrogens is 1. The number of rotatable bonds is 6.